The van der Waals surface area contributed by atoms with E-state index in [4.69, 9.17) is 18.9 Å². The van der Waals surface area contributed by atoms with Crippen molar-refractivity contribution in [1.82, 2.24) is 5.32 Å². The maximum Gasteiger partial charge on any atom is 0.220 e. The van der Waals surface area contributed by atoms with E-state index in [9.17, 15) is 45.6 Å². The van der Waals surface area contributed by atoms with E-state index in [1.165, 1.54) is 327 Å². The van der Waals surface area contributed by atoms with Gasteiger partial charge in [-0.05, 0) is 12.8 Å². The van der Waals surface area contributed by atoms with Crippen molar-refractivity contribution in [3.63, 3.8) is 0 Å². The Kier molecular flexibility index (Phi) is 61.0. The fourth-order valence-corrected chi connectivity index (χ4v) is 14.1. The Morgan fingerprint density at radius 2 is 0.613 bits per heavy atom. The lowest BCUT2D eigenvalue weighted by Crippen LogP contribution is -2.65. The summed E-state index contributed by atoms with van der Waals surface area (Å²) in [5, 5.41) is 87.8. The molecule has 0 spiro atoms. The summed E-state index contributed by atoms with van der Waals surface area (Å²) in [5.74, 6) is -0.195. The normalized spacial score (nSPS) is 22.4. The Hall–Kier alpha value is -1.01. The second kappa shape index (κ2) is 64.4. The topological polar surface area (TPSA) is 228 Å². The van der Waals surface area contributed by atoms with Crippen molar-refractivity contribution >= 4 is 5.91 Å². The Bertz CT molecular complexity index is 1560. The van der Waals surface area contributed by atoms with Crippen molar-refractivity contribution in [3.8, 4) is 0 Å². The zero-order valence-electron chi connectivity index (χ0n) is 60.8. The van der Waals surface area contributed by atoms with E-state index in [0.717, 1.165) is 51.4 Å². The van der Waals surface area contributed by atoms with Gasteiger partial charge in [0.15, 0.2) is 12.6 Å². The third-order valence-electron chi connectivity index (χ3n) is 20.6. The van der Waals surface area contributed by atoms with Gasteiger partial charge in [0.1, 0.15) is 48.8 Å². The lowest BCUT2D eigenvalue weighted by atomic mass is 9.97. The first-order chi connectivity index (χ1) is 45.6. The molecule has 12 atom stereocenters. The molecule has 0 bridgehead atoms. The number of hydrogen-bond donors (Lipinski definition) is 9. The van der Waals surface area contributed by atoms with Crippen LogP contribution in [0.15, 0.2) is 0 Å². The highest BCUT2D eigenvalue weighted by Crippen LogP contribution is 2.31. The van der Waals surface area contributed by atoms with E-state index in [0.29, 0.717) is 12.8 Å². The first-order valence-electron chi connectivity index (χ1n) is 40.8. The van der Waals surface area contributed by atoms with E-state index in [1.807, 2.05) is 0 Å². The van der Waals surface area contributed by atoms with Crippen LogP contribution < -0.4 is 5.32 Å². The number of rotatable bonds is 70. The van der Waals surface area contributed by atoms with E-state index >= 15 is 0 Å². The maximum absolute atomic E-state index is 13.4. The lowest BCUT2D eigenvalue weighted by molar-refractivity contribution is -0.359. The quantitative estimate of drug-likeness (QED) is 0.0259. The van der Waals surface area contributed by atoms with Crippen LogP contribution in [0.5, 0.6) is 0 Å². The third kappa shape index (κ3) is 47.6. The fourth-order valence-electron chi connectivity index (χ4n) is 14.1. The first kappa shape index (κ1) is 88.1. The summed E-state index contributed by atoms with van der Waals surface area (Å²) in [6.07, 6.45) is 63.1. The molecule has 0 aromatic rings. The molecule has 2 saturated heterocycles. The predicted octanol–water partition coefficient (Wildman–Crippen LogP) is 18.3. The molecule has 2 fully saturated rings. The van der Waals surface area contributed by atoms with Crippen LogP contribution in [0.25, 0.3) is 0 Å². The van der Waals surface area contributed by atoms with Crippen LogP contribution in [-0.4, -0.2) is 140 Å². The Balaban J connectivity index is 1.55. The summed E-state index contributed by atoms with van der Waals surface area (Å²) in [5.41, 5.74) is 0. The summed E-state index contributed by atoms with van der Waals surface area (Å²) in [6.45, 7) is 2.94. The number of aliphatic hydroxyl groups excluding tert-OH is 8. The molecule has 0 saturated carbocycles. The van der Waals surface area contributed by atoms with Gasteiger partial charge in [0.25, 0.3) is 0 Å². The Morgan fingerprint density at radius 1 is 0.344 bits per heavy atom. The molecule has 9 N–H and O–H groups in total. The highest BCUT2D eigenvalue weighted by Gasteiger charge is 2.51. The summed E-state index contributed by atoms with van der Waals surface area (Å²) < 4.78 is 23.0. The highest BCUT2D eigenvalue weighted by atomic mass is 16.7. The molecule has 0 aromatic heterocycles. The average molecular weight is 1330 g/mol. The SMILES string of the molecule is CCCCCCCCCCCCCCCCCCCCCCCCCCCCCCCCCCCCCCCCC(=O)NC(COC1OC(CO)C(OC2OC(CO)C(O)C(O)C2O)C(O)C1O)C(O)CCCCCCCCCCCCCCCCCCCCCCC. The van der Waals surface area contributed by atoms with Gasteiger partial charge in [-0.2, -0.15) is 0 Å². The van der Waals surface area contributed by atoms with E-state index in [1.54, 1.807) is 0 Å². The molecule has 554 valence electrons. The molecular formula is C79H155NO13. The van der Waals surface area contributed by atoms with Crippen LogP contribution in [0.4, 0.5) is 0 Å². The Morgan fingerprint density at radius 3 is 0.914 bits per heavy atom. The number of nitrogens with one attached hydrogen (secondary N) is 1. The van der Waals surface area contributed by atoms with Crippen LogP contribution in [0.1, 0.15) is 406 Å². The molecule has 0 aromatic carbocycles. The van der Waals surface area contributed by atoms with Gasteiger partial charge < -0.3 is 65.1 Å². The fraction of sp³-hybridized carbons (Fsp3) is 0.987. The van der Waals surface area contributed by atoms with Gasteiger partial charge in [0, 0.05) is 6.42 Å². The standard InChI is InChI=1S/C79H155NO13/c1-3-5-7-9-11-13-15-17-19-21-23-25-26-27-28-29-30-31-32-33-34-35-36-37-38-39-40-41-43-45-47-49-51-53-55-57-59-61-63-71(84)80-67(68(83)62-60-58-56-54-52-50-48-46-44-42-24-22-20-18-16-14-12-10-8-6-4-2)66-90-78-76(89)74(87)77(70(65-82)92-78)93-79-75(88)73(86)72(85)69(64-81)91-79/h67-70,72-79,81-83,85-89H,3-66H2,1-2H3,(H,80,84). The number of hydrogen-bond acceptors (Lipinski definition) is 13. The zero-order chi connectivity index (χ0) is 67.3. The van der Waals surface area contributed by atoms with Crippen LogP contribution in [0.2, 0.25) is 0 Å². The van der Waals surface area contributed by atoms with Crippen molar-refractivity contribution in [2.45, 2.75) is 479 Å². The third-order valence-corrected chi connectivity index (χ3v) is 20.6. The number of carbonyl (C=O) groups excluding carboxylic acids is 1. The minimum Gasteiger partial charge on any atom is -0.394 e. The van der Waals surface area contributed by atoms with Crippen molar-refractivity contribution in [2.24, 2.45) is 0 Å². The van der Waals surface area contributed by atoms with Crippen molar-refractivity contribution in [2.75, 3.05) is 19.8 Å². The molecule has 2 aliphatic rings. The molecule has 1 amide bonds. The molecule has 14 nitrogen and oxygen atoms in total. The molecule has 0 radical (unpaired) electrons. The summed E-state index contributed by atoms with van der Waals surface area (Å²) in [7, 11) is 0. The lowest BCUT2D eigenvalue weighted by Gasteiger charge is -2.46. The van der Waals surface area contributed by atoms with Crippen molar-refractivity contribution < 1.29 is 64.6 Å². The van der Waals surface area contributed by atoms with E-state index in [2.05, 4.69) is 19.2 Å². The maximum atomic E-state index is 13.4. The molecule has 2 heterocycles. The van der Waals surface area contributed by atoms with Gasteiger partial charge in [0.05, 0.1) is 32.0 Å². The van der Waals surface area contributed by atoms with E-state index < -0.39 is 86.8 Å². The van der Waals surface area contributed by atoms with Crippen LogP contribution in [0.3, 0.4) is 0 Å². The van der Waals surface area contributed by atoms with Crippen molar-refractivity contribution in [1.29, 1.82) is 0 Å². The molecule has 2 aliphatic heterocycles. The van der Waals surface area contributed by atoms with Crippen LogP contribution >= 0.6 is 0 Å². The Labute approximate surface area is 572 Å². The predicted molar refractivity (Wildman–Crippen MR) is 383 cm³/mol. The highest BCUT2D eigenvalue weighted by molar-refractivity contribution is 5.76. The molecule has 2 rings (SSSR count). The second-order valence-electron chi connectivity index (χ2n) is 29.3. The van der Waals surface area contributed by atoms with Gasteiger partial charge >= 0.3 is 0 Å². The number of ether oxygens (including phenoxy) is 4. The van der Waals surface area contributed by atoms with Gasteiger partial charge in [-0.1, -0.05) is 386 Å². The number of carbonyl (C=O) groups is 1. The first-order valence-corrected chi connectivity index (χ1v) is 40.8. The van der Waals surface area contributed by atoms with E-state index in [-0.39, 0.29) is 12.5 Å². The zero-order valence-corrected chi connectivity index (χ0v) is 60.8. The van der Waals surface area contributed by atoms with Gasteiger partial charge in [-0.15, -0.1) is 0 Å². The number of unbranched alkanes of at least 4 members (excludes halogenated alkanes) is 57. The van der Waals surface area contributed by atoms with Crippen LogP contribution in [0, 0.1) is 0 Å². The molecular weight excluding hydrogens is 1170 g/mol. The van der Waals surface area contributed by atoms with Gasteiger partial charge in [-0.25, -0.2) is 0 Å². The number of amides is 1. The summed E-state index contributed by atoms with van der Waals surface area (Å²) in [6, 6.07) is -0.825. The molecule has 0 aliphatic carbocycles. The van der Waals surface area contributed by atoms with Crippen molar-refractivity contribution in [3.05, 3.63) is 0 Å². The minimum absolute atomic E-state index is 0.195. The largest absolute Gasteiger partial charge is 0.394 e. The molecule has 12 unspecified atom stereocenters. The second-order valence-corrected chi connectivity index (χ2v) is 29.3. The summed E-state index contributed by atoms with van der Waals surface area (Å²) >= 11 is 0. The van der Waals surface area contributed by atoms with Gasteiger partial charge in [-0.3, -0.25) is 4.79 Å². The summed E-state index contributed by atoms with van der Waals surface area (Å²) in [4.78, 5) is 13.4. The molecule has 93 heavy (non-hydrogen) atoms. The average Bonchev–Trinajstić information content (AvgIpc) is 0.867. The monoisotopic (exact) mass is 1330 g/mol. The smallest absolute Gasteiger partial charge is 0.220 e. The molecule has 14 heteroatoms. The van der Waals surface area contributed by atoms with Gasteiger partial charge in [0.2, 0.25) is 5.91 Å². The minimum atomic E-state index is -1.78. The number of aliphatic hydroxyl groups is 8. The van der Waals surface area contributed by atoms with Crippen LogP contribution in [-0.2, 0) is 23.7 Å².